The number of anilines is 1. The standard InChI is InChI=1S/C17H17N3O2.C4H10.C2H6.CH4/c1-13-7-5-6-10-15(13)19-16(21)11-17(22)20-18-12-14-8-3-2-4-9-14;1-4(2)3;1-2;/h2-10,12H,11H2,1H3,(H,19,21)(H,20,22);4H,1-3H3;1-2H3;1H4/b18-12+;;;. The number of amides is 2. The summed E-state index contributed by atoms with van der Waals surface area (Å²) in [7, 11) is 0. The predicted molar refractivity (Wildman–Crippen MR) is 125 cm³/mol. The van der Waals surface area contributed by atoms with Crippen molar-refractivity contribution in [1.29, 1.82) is 0 Å². The van der Waals surface area contributed by atoms with Crippen LogP contribution in [0.15, 0.2) is 59.7 Å². The first-order chi connectivity index (χ1) is 13.4. The second kappa shape index (κ2) is 17.2. The number of hydrogen-bond donors (Lipinski definition) is 2. The molecule has 5 nitrogen and oxygen atoms in total. The van der Waals surface area contributed by atoms with Gasteiger partial charge in [0.25, 0.3) is 0 Å². The van der Waals surface area contributed by atoms with Crippen LogP contribution in [0.1, 0.15) is 59.6 Å². The molecule has 2 aromatic carbocycles. The molecule has 29 heavy (non-hydrogen) atoms. The minimum atomic E-state index is -0.460. The molecule has 0 heterocycles. The van der Waals surface area contributed by atoms with Gasteiger partial charge in [-0.25, -0.2) is 5.43 Å². The number of nitrogens with one attached hydrogen (secondary N) is 2. The highest BCUT2D eigenvalue weighted by Crippen LogP contribution is 2.13. The Morgan fingerprint density at radius 3 is 2.00 bits per heavy atom. The van der Waals surface area contributed by atoms with E-state index in [9.17, 15) is 9.59 Å². The minimum absolute atomic E-state index is 0. The predicted octanol–water partition coefficient (Wildman–Crippen LogP) is 5.80. The van der Waals surface area contributed by atoms with Gasteiger partial charge >= 0.3 is 0 Å². The van der Waals surface area contributed by atoms with Crippen LogP contribution >= 0.6 is 0 Å². The normalized spacial score (nSPS) is 9.34. The Morgan fingerprint density at radius 1 is 0.931 bits per heavy atom. The van der Waals surface area contributed by atoms with Gasteiger partial charge in [0.2, 0.25) is 11.8 Å². The first kappa shape index (κ1) is 28.3. The number of hydrogen-bond acceptors (Lipinski definition) is 3. The van der Waals surface area contributed by atoms with Crippen LogP contribution in [0.4, 0.5) is 5.69 Å². The van der Waals surface area contributed by atoms with Gasteiger partial charge < -0.3 is 5.32 Å². The number of hydrazone groups is 1. The molecule has 0 aliphatic carbocycles. The lowest BCUT2D eigenvalue weighted by Gasteiger charge is -2.07. The van der Waals surface area contributed by atoms with Crippen LogP contribution < -0.4 is 10.7 Å². The van der Waals surface area contributed by atoms with Crippen LogP contribution in [0.3, 0.4) is 0 Å². The van der Waals surface area contributed by atoms with E-state index in [0.29, 0.717) is 5.69 Å². The van der Waals surface area contributed by atoms with Crippen molar-refractivity contribution in [3.63, 3.8) is 0 Å². The molecule has 5 heteroatoms. The average Bonchev–Trinajstić information content (AvgIpc) is 2.65. The van der Waals surface area contributed by atoms with E-state index in [4.69, 9.17) is 0 Å². The van der Waals surface area contributed by atoms with Gasteiger partial charge in [-0.2, -0.15) is 5.10 Å². The number of carbonyl (C=O) groups excluding carboxylic acids is 2. The molecule has 2 aromatic rings. The van der Waals surface area contributed by atoms with E-state index in [1.807, 2.05) is 69.3 Å². The zero-order valence-electron chi connectivity index (χ0n) is 17.8. The summed E-state index contributed by atoms with van der Waals surface area (Å²) in [4.78, 5) is 23.4. The fourth-order valence-corrected chi connectivity index (χ4v) is 1.81. The molecule has 0 fully saturated rings. The second-order valence-electron chi connectivity index (χ2n) is 6.48. The van der Waals surface area contributed by atoms with Crippen molar-refractivity contribution in [2.75, 3.05) is 5.32 Å². The van der Waals surface area contributed by atoms with Crippen LogP contribution in [0.5, 0.6) is 0 Å². The Kier molecular flexibility index (Phi) is 16.7. The summed E-state index contributed by atoms with van der Waals surface area (Å²) in [5.41, 5.74) is 4.84. The van der Waals surface area contributed by atoms with Crippen molar-refractivity contribution in [2.24, 2.45) is 11.0 Å². The van der Waals surface area contributed by atoms with Crippen molar-refractivity contribution < 1.29 is 9.59 Å². The third kappa shape index (κ3) is 14.7. The van der Waals surface area contributed by atoms with Gasteiger partial charge in [0, 0.05) is 5.69 Å². The van der Waals surface area contributed by atoms with Gasteiger partial charge in [-0.3, -0.25) is 9.59 Å². The molecule has 0 radical (unpaired) electrons. The lowest BCUT2D eigenvalue weighted by molar-refractivity contribution is -0.126. The Hall–Kier alpha value is -2.95. The van der Waals surface area contributed by atoms with Crippen molar-refractivity contribution >= 4 is 23.7 Å². The van der Waals surface area contributed by atoms with Gasteiger partial charge in [0.05, 0.1) is 6.21 Å². The van der Waals surface area contributed by atoms with Crippen LogP contribution in [0, 0.1) is 12.8 Å². The molecule has 0 saturated heterocycles. The fraction of sp³-hybridized carbons (Fsp3) is 0.375. The molecule has 0 aliphatic heterocycles. The molecule has 2 rings (SSSR count). The molecular weight excluding hydrogens is 362 g/mol. The molecule has 2 N–H and O–H groups in total. The number of rotatable bonds is 5. The number of carbonyl (C=O) groups is 2. The average molecular weight is 400 g/mol. The molecule has 0 aromatic heterocycles. The largest absolute Gasteiger partial charge is 0.325 e. The van der Waals surface area contributed by atoms with E-state index in [-0.39, 0.29) is 19.8 Å². The third-order valence-corrected chi connectivity index (χ3v) is 2.94. The number of para-hydroxylation sites is 1. The highest BCUT2D eigenvalue weighted by molar-refractivity contribution is 6.03. The zero-order valence-corrected chi connectivity index (χ0v) is 17.8. The van der Waals surface area contributed by atoms with Crippen molar-refractivity contribution in [2.45, 2.75) is 55.4 Å². The first-order valence-electron chi connectivity index (χ1n) is 9.61. The quantitative estimate of drug-likeness (QED) is 0.379. The van der Waals surface area contributed by atoms with Crippen LogP contribution in [0.2, 0.25) is 0 Å². The summed E-state index contributed by atoms with van der Waals surface area (Å²) in [6, 6.07) is 16.8. The maximum absolute atomic E-state index is 11.8. The van der Waals surface area contributed by atoms with Crippen LogP contribution in [-0.4, -0.2) is 18.0 Å². The zero-order chi connectivity index (χ0) is 21.4. The Balaban J connectivity index is 0. The first-order valence-corrected chi connectivity index (χ1v) is 9.61. The van der Waals surface area contributed by atoms with E-state index in [1.165, 1.54) is 6.21 Å². The molecule has 0 unspecified atom stereocenters. The summed E-state index contributed by atoms with van der Waals surface area (Å²) in [6.45, 7) is 12.4. The SMILES string of the molecule is C.CC.CC(C)C.Cc1ccccc1NC(=O)CC(=O)N/N=C/c1ccccc1. The molecule has 0 atom stereocenters. The van der Waals surface area contributed by atoms with Crippen LogP contribution in [0.25, 0.3) is 0 Å². The Bertz CT molecular complexity index is 723. The van der Waals surface area contributed by atoms with E-state index in [2.05, 4.69) is 36.6 Å². The molecule has 0 saturated carbocycles. The molecule has 0 spiro atoms. The minimum Gasteiger partial charge on any atom is -0.325 e. The summed E-state index contributed by atoms with van der Waals surface area (Å²) in [5.74, 6) is -0.0000218. The summed E-state index contributed by atoms with van der Waals surface area (Å²) in [6.07, 6.45) is 1.25. The van der Waals surface area contributed by atoms with Crippen molar-refractivity contribution in [3.8, 4) is 0 Å². The van der Waals surface area contributed by atoms with Gasteiger partial charge in [-0.1, -0.05) is 90.6 Å². The van der Waals surface area contributed by atoms with E-state index in [0.717, 1.165) is 17.0 Å². The van der Waals surface area contributed by atoms with E-state index < -0.39 is 5.91 Å². The molecule has 2 amide bonds. The van der Waals surface area contributed by atoms with Gasteiger partial charge in [0.1, 0.15) is 6.42 Å². The smallest absolute Gasteiger partial charge is 0.249 e. The molecule has 160 valence electrons. The van der Waals surface area contributed by atoms with Crippen LogP contribution in [-0.2, 0) is 9.59 Å². The Labute approximate surface area is 176 Å². The summed E-state index contributed by atoms with van der Waals surface area (Å²) < 4.78 is 0. The maximum atomic E-state index is 11.8. The summed E-state index contributed by atoms with van der Waals surface area (Å²) >= 11 is 0. The van der Waals surface area contributed by atoms with Gasteiger partial charge in [-0.05, 0) is 30.0 Å². The van der Waals surface area contributed by atoms with Crippen molar-refractivity contribution in [1.82, 2.24) is 5.43 Å². The highest BCUT2D eigenvalue weighted by Gasteiger charge is 2.09. The monoisotopic (exact) mass is 399 g/mol. The van der Waals surface area contributed by atoms with Crippen molar-refractivity contribution in [3.05, 3.63) is 65.7 Å². The third-order valence-electron chi connectivity index (χ3n) is 2.94. The summed E-state index contributed by atoms with van der Waals surface area (Å²) in [5, 5.41) is 6.51. The second-order valence-corrected chi connectivity index (χ2v) is 6.48. The van der Waals surface area contributed by atoms with Gasteiger partial charge in [-0.15, -0.1) is 0 Å². The van der Waals surface area contributed by atoms with E-state index >= 15 is 0 Å². The fourth-order valence-electron chi connectivity index (χ4n) is 1.81. The molecule has 0 aliphatic rings. The highest BCUT2D eigenvalue weighted by atomic mass is 16.2. The Morgan fingerprint density at radius 2 is 1.45 bits per heavy atom. The number of aryl methyl sites for hydroxylation is 1. The lowest BCUT2D eigenvalue weighted by atomic mass is 10.2. The lowest BCUT2D eigenvalue weighted by Crippen LogP contribution is -2.24. The van der Waals surface area contributed by atoms with E-state index in [1.54, 1.807) is 6.07 Å². The maximum Gasteiger partial charge on any atom is 0.249 e. The topological polar surface area (TPSA) is 70.6 Å². The number of benzene rings is 2. The number of nitrogens with zero attached hydrogens (tertiary/aromatic N) is 1. The molecular formula is C24H37N3O2. The van der Waals surface area contributed by atoms with Gasteiger partial charge in [0.15, 0.2) is 0 Å². The molecule has 0 bridgehead atoms.